The van der Waals surface area contributed by atoms with Gasteiger partial charge in [0.05, 0.1) is 11.3 Å². The highest BCUT2D eigenvalue weighted by molar-refractivity contribution is 5.99. The lowest BCUT2D eigenvalue weighted by Crippen LogP contribution is -2.13. The number of para-hydroxylation sites is 1. The Kier molecular flexibility index (Phi) is 3.95. The SMILES string of the molecule is CC(=O)Nc1cc(Nc2ccccc2C(N)=O)ccn1. The Bertz CT molecular complexity index is 655. The molecule has 0 saturated heterocycles. The molecule has 0 fully saturated rings. The molecule has 4 N–H and O–H groups in total. The van der Waals surface area contributed by atoms with E-state index in [0.717, 1.165) is 0 Å². The maximum Gasteiger partial charge on any atom is 0.250 e. The normalized spacial score (nSPS) is 9.85. The van der Waals surface area contributed by atoms with Crippen LogP contribution in [0.3, 0.4) is 0 Å². The predicted molar refractivity (Wildman–Crippen MR) is 76.8 cm³/mol. The maximum atomic E-state index is 11.3. The fourth-order valence-corrected chi connectivity index (χ4v) is 1.72. The molecule has 1 aromatic heterocycles. The molecular weight excluding hydrogens is 256 g/mol. The van der Waals surface area contributed by atoms with Gasteiger partial charge in [0.15, 0.2) is 0 Å². The van der Waals surface area contributed by atoms with Gasteiger partial charge in [-0.15, -0.1) is 0 Å². The van der Waals surface area contributed by atoms with Crippen LogP contribution in [-0.4, -0.2) is 16.8 Å². The molecule has 6 nitrogen and oxygen atoms in total. The van der Waals surface area contributed by atoms with Gasteiger partial charge in [-0.05, 0) is 18.2 Å². The molecule has 6 heteroatoms. The zero-order valence-electron chi connectivity index (χ0n) is 10.9. The first-order valence-corrected chi connectivity index (χ1v) is 5.96. The Morgan fingerprint density at radius 1 is 1.20 bits per heavy atom. The van der Waals surface area contributed by atoms with E-state index < -0.39 is 5.91 Å². The van der Waals surface area contributed by atoms with Crippen molar-refractivity contribution in [2.45, 2.75) is 6.92 Å². The van der Waals surface area contributed by atoms with Crippen molar-refractivity contribution in [2.24, 2.45) is 5.73 Å². The summed E-state index contributed by atoms with van der Waals surface area (Å²) < 4.78 is 0. The average Bonchev–Trinajstić information content (AvgIpc) is 2.38. The van der Waals surface area contributed by atoms with Gasteiger partial charge in [0.1, 0.15) is 5.82 Å². The van der Waals surface area contributed by atoms with E-state index in [4.69, 9.17) is 5.73 Å². The standard InChI is InChI=1S/C14H14N4O2/c1-9(19)17-13-8-10(6-7-16-13)18-12-5-3-2-4-11(12)14(15)20/h2-8H,1H3,(H2,15,20)(H2,16,17,18,19). The van der Waals surface area contributed by atoms with Crippen LogP contribution in [0.25, 0.3) is 0 Å². The van der Waals surface area contributed by atoms with Crippen molar-refractivity contribution in [3.8, 4) is 0 Å². The molecule has 0 radical (unpaired) electrons. The molecule has 0 unspecified atom stereocenters. The molecule has 0 aliphatic heterocycles. The largest absolute Gasteiger partial charge is 0.366 e. The number of anilines is 3. The fourth-order valence-electron chi connectivity index (χ4n) is 1.72. The highest BCUT2D eigenvalue weighted by Crippen LogP contribution is 2.21. The van der Waals surface area contributed by atoms with Crippen LogP contribution in [0.4, 0.5) is 17.2 Å². The first-order valence-electron chi connectivity index (χ1n) is 5.96. The van der Waals surface area contributed by atoms with Gasteiger partial charge in [0.25, 0.3) is 5.91 Å². The van der Waals surface area contributed by atoms with E-state index in [1.807, 2.05) is 0 Å². The predicted octanol–water partition coefficient (Wildman–Crippen LogP) is 1.88. The molecule has 2 rings (SSSR count). The molecule has 2 aromatic rings. The van der Waals surface area contributed by atoms with Gasteiger partial charge in [0, 0.05) is 24.9 Å². The van der Waals surface area contributed by atoms with E-state index in [9.17, 15) is 9.59 Å². The Labute approximate surface area is 116 Å². The molecule has 0 aliphatic carbocycles. The van der Waals surface area contributed by atoms with Gasteiger partial charge >= 0.3 is 0 Å². The third-order valence-corrected chi connectivity index (χ3v) is 2.54. The van der Waals surface area contributed by atoms with Gasteiger partial charge in [-0.1, -0.05) is 12.1 Å². The quantitative estimate of drug-likeness (QED) is 0.790. The summed E-state index contributed by atoms with van der Waals surface area (Å²) in [5.41, 5.74) is 7.00. The van der Waals surface area contributed by atoms with Crippen LogP contribution >= 0.6 is 0 Å². The van der Waals surface area contributed by atoms with Crippen molar-refractivity contribution >= 4 is 29.0 Å². The number of aromatic nitrogens is 1. The lowest BCUT2D eigenvalue weighted by atomic mass is 10.1. The van der Waals surface area contributed by atoms with E-state index in [-0.39, 0.29) is 5.91 Å². The molecule has 1 heterocycles. The van der Waals surface area contributed by atoms with Crippen LogP contribution in [0.1, 0.15) is 17.3 Å². The fraction of sp³-hybridized carbons (Fsp3) is 0.0714. The first-order chi connectivity index (χ1) is 9.56. The number of pyridine rings is 1. The number of carbonyl (C=O) groups is 2. The minimum atomic E-state index is -0.510. The molecular formula is C14H14N4O2. The van der Waals surface area contributed by atoms with Crippen LogP contribution < -0.4 is 16.4 Å². The number of carbonyl (C=O) groups excluding carboxylic acids is 2. The number of nitrogens with zero attached hydrogens (tertiary/aromatic N) is 1. The van der Waals surface area contributed by atoms with E-state index in [2.05, 4.69) is 15.6 Å². The average molecular weight is 270 g/mol. The second kappa shape index (κ2) is 5.83. The summed E-state index contributed by atoms with van der Waals surface area (Å²) in [6, 6.07) is 10.3. The van der Waals surface area contributed by atoms with Crippen LogP contribution in [0.15, 0.2) is 42.6 Å². The number of hydrogen-bond acceptors (Lipinski definition) is 4. The number of rotatable bonds is 4. The number of hydrogen-bond donors (Lipinski definition) is 3. The number of benzene rings is 1. The third-order valence-electron chi connectivity index (χ3n) is 2.54. The second-order valence-electron chi connectivity index (χ2n) is 4.15. The summed E-state index contributed by atoms with van der Waals surface area (Å²) >= 11 is 0. The van der Waals surface area contributed by atoms with Crippen molar-refractivity contribution in [1.29, 1.82) is 0 Å². The molecule has 102 valence electrons. The summed E-state index contributed by atoms with van der Waals surface area (Å²) in [6.45, 7) is 1.41. The number of nitrogens with two attached hydrogens (primary N) is 1. The van der Waals surface area contributed by atoms with Crippen LogP contribution in [-0.2, 0) is 4.79 Å². The zero-order chi connectivity index (χ0) is 14.5. The number of nitrogens with one attached hydrogen (secondary N) is 2. The van der Waals surface area contributed by atoms with Crippen LogP contribution in [0.2, 0.25) is 0 Å². The molecule has 0 spiro atoms. The molecule has 0 atom stereocenters. The van der Waals surface area contributed by atoms with Crippen LogP contribution in [0, 0.1) is 0 Å². The smallest absolute Gasteiger partial charge is 0.250 e. The van der Waals surface area contributed by atoms with Gasteiger partial charge < -0.3 is 16.4 Å². The highest BCUT2D eigenvalue weighted by Gasteiger charge is 2.07. The lowest BCUT2D eigenvalue weighted by molar-refractivity contribution is -0.114. The number of primary amides is 1. The zero-order valence-corrected chi connectivity index (χ0v) is 10.9. The molecule has 0 aliphatic rings. The summed E-state index contributed by atoms with van der Waals surface area (Å²) in [4.78, 5) is 26.3. The first kappa shape index (κ1) is 13.5. The molecule has 20 heavy (non-hydrogen) atoms. The van der Waals surface area contributed by atoms with Gasteiger partial charge in [0.2, 0.25) is 5.91 Å². The summed E-state index contributed by atoms with van der Waals surface area (Å²) in [7, 11) is 0. The lowest BCUT2D eigenvalue weighted by Gasteiger charge is -2.10. The minimum absolute atomic E-state index is 0.202. The van der Waals surface area contributed by atoms with Crippen LogP contribution in [0.5, 0.6) is 0 Å². The second-order valence-corrected chi connectivity index (χ2v) is 4.15. The third kappa shape index (κ3) is 3.32. The Morgan fingerprint density at radius 2 is 1.95 bits per heavy atom. The van der Waals surface area contributed by atoms with E-state index in [1.54, 1.807) is 42.6 Å². The molecule has 0 bridgehead atoms. The monoisotopic (exact) mass is 270 g/mol. The summed E-state index contributed by atoms with van der Waals surface area (Å²) in [5.74, 6) is -0.282. The van der Waals surface area contributed by atoms with E-state index in [1.165, 1.54) is 6.92 Å². The highest BCUT2D eigenvalue weighted by atomic mass is 16.1. The van der Waals surface area contributed by atoms with Crippen molar-refractivity contribution < 1.29 is 9.59 Å². The Hall–Kier alpha value is -2.89. The van der Waals surface area contributed by atoms with Crippen molar-refractivity contribution in [2.75, 3.05) is 10.6 Å². The minimum Gasteiger partial charge on any atom is -0.366 e. The van der Waals surface area contributed by atoms with Crippen molar-refractivity contribution in [3.05, 3.63) is 48.2 Å². The Balaban J connectivity index is 2.26. The van der Waals surface area contributed by atoms with E-state index in [0.29, 0.717) is 22.8 Å². The molecule has 0 saturated carbocycles. The van der Waals surface area contributed by atoms with Crippen molar-refractivity contribution in [1.82, 2.24) is 4.98 Å². The van der Waals surface area contributed by atoms with E-state index >= 15 is 0 Å². The maximum absolute atomic E-state index is 11.3. The Morgan fingerprint density at radius 3 is 2.65 bits per heavy atom. The van der Waals surface area contributed by atoms with Gasteiger partial charge in [-0.2, -0.15) is 0 Å². The summed E-state index contributed by atoms with van der Waals surface area (Å²) in [6.07, 6.45) is 1.56. The number of amides is 2. The summed E-state index contributed by atoms with van der Waals surface area (Å²) in [5, 5.41) is 5.66. The van der Waals surface area contributed by atoms with Crippen molar-refractivity contribution in [3.63, 3.8) is 0 Å². The van der Waals surface area contributed by atoms with Gasteiger partial charge in [-0.3, -0.25) is 9.59 Å². The van der Waals surface area contributed by atoms with Gasteiger partial charge in [-0.25, -0.2) is 4.98 Å². The topological polar surface area (TPSA) is 97.1 Å². The molecule has 2 amide bonds. The molecule has 1 aromatic carbocycles.